The molecule has 0 saturated carbocycles. The van der Waals surface area contributed by atoms with Crippen molar-refractivity contribution in [3.63, 3.8) is 0 Å². The largest absolute Gasteiger partial charge is 0.411 e. The summed E-state index contributed by atoms with van der Waals surface area (Å²) in [7, 11) is 0. The lowest BCUT2D eigenvalue weighted by Gasteiger charge is -1.75. The van der Waals surface area contributed by atoms with Crippen molar-refractivity contribution < 1.29 is 15.2 Å². The fourth-order valence-corrected chi connectivity index (χ4v) is 2.15. The summed E-state index contributed by atoms with van der Waals surface area (Å²) in [5.41, 5.74) is 1.87. The van der Waals surface area contributed by atoms with Gasteiger partial charge >= 0.3 is 0 Å². The summed E-state index contributed by atoms with van der Waals surface area (Å²) in [6, 6.07) is 0. The maximum absolute atomic E-state index is 9.97. The molecule has 21 heavy (non-hydrogen) atoms. The number of carbonyl (C=O) groups excluding carboxylic acids is 1. The average molecular weight is 355 g/mol. The summed E-state index contributed by atoms with van der Waals surface area (Å²) in [4.78, 5) is 17.9. The predicted molar refractivity (Wildman–Crippen MR) is 88.4 cm³/mol. The van der Waals surface area contributed by atoms with Crippen molar-refractivity contribution in [1.82, 2.24) is 9.97 Å². The first-order valence-electron chi connectivity index (χ1n) is 4.88. The first-order valence-corrected chi connectivity index (χ1v) is 6.64. The summed E-state index contributed by atoms with van der Waals surface area (Å²) >= 11 is 2.82. The molecule has 7 nitrogen and oxygen atoms in total. The van der Waals surface area contributed by atoms with E-state index in [4.69, 9.17) is 10.4 Å². The molecule has 0 unspecified atom stereocenters. The number of halogens is 1. The molecule has 0 atom stereocenters. The van der Waals surface area contributed by atoms with Gasteiger partial charge in [-0.2, -0.15) is 0 Å². The van der Waals surface area contributed by atoms with E-state index in [0.717, 1.165) is 22.7 Å². The Kier molecular flexibility index (Phi) is 17.6. The highest BCUT2D eigenvalue weighted by Crippen LogP contribution is 2.05. The van der Waals surface area contributed by atoms with Crippen molar-refractivity contribution in [3.05, 3.63) is 32.2 Å². The van der Waals surface area contributed by atoms with Crippen LogP contribution in [0.1, 0.15) is 33.6 Å². The van der Waals surface area contributed by atoms with Crippen molar-refractivity contribution in [3.8, 4) is 0 Å². The van der Waals surface area contributed by atoms with Crippen LogP contribution in [0.25, 0.3) is 0 Å². The summed E-state index contributed by atoms with van der Waals surface area (Å²) in [6.07, 6.45) is 2.08. The highest BCUT2D eigenvalue weighted by Gasteiger charge is 1.92. The molecule has 0 radical (unpaired) electrons. The Hall–Kier alpha value is -1.39. The van der Waals surface area contributed by atoms with E-state index in [1.165, 1.54) is 28.9 Å². The number of nitrogens with two attached hydrogens (primary N) is 1. The highest BCUT2D eigenvalue weighted by atomic mass is 35.5. The smallest absolute Gasteiger partial charge is 0.178 e. The number of aldehydes is 1. The Morgan fingerprint density at radius 2 is 1.57 bits per heavy atom. The van der Waals surface area contributed by atoms with Crippen LogP contribution in [0.3, 0.4) is 0 Å². The van der Waals surface area contributed by atoms with Gasteiger partial charge in [0.25, 0.3) is 0 Å². The minimum absolute atomic E-state index is 0. The van der Waals surface area contributed by atoms with Gasteiger partial charge in [-0.15, -0.1) is 35.1 Å². The van der Waals surface area contributed by atoms with Gasteiger partial charge in [0.05, 0.1) is 0 Å². The van der Waals surface area contributed by atoms with Crippen LogP contribution in [0, 0.1) is 13.8 Å². The summed E-state index contributed by atoms with van der Waals surface area (Å²) < 4.78 is 0. The molecule has 0 aliphatic heterocycles. The van der Waals surface area contributed by atoms with Crippen LogP contribution in [-0.2, 0) is 0 Å². The van der Waals surface area contributed by atoms with Crippen molar-refractivity contribution in [1.29, 1.82) is 0 Å². The van der Waals surface area contributed by atoms with Crippen LogP contribution < -0.4 is 5.90 Å². The zero-order valence-corrected chi connectivity index (χ0v) is 13.2. The van der Waals surface area contributed by atoms with Gasteiger partial charge in [-0.3, -0.25) is 4.79 Å². The molecule has 0 fully saturated rings. The maximum atomic E-state index is 9.97. The number of hydrogen-bond acceptors (Lipinski definition) is 9. The number of carbonyl (C=O) groups is 1. The monoisotopic (exact) mass is 354 g/mol. The standard InChI is InChI=1S/C5H6N2OS.C5H5NOS.CH4.ClH.H3NO/c1-4-3-9-5(7-4)2-6-8;1-4-3-8-5(2-7)6-4;;;1-2/h2-3,8H,1H3;2-3H,1H3;1H4;1H;2H,1H2. The lowest BCUT2D eigenvalue weighted by molar-refractivity contribution is 0.112. The number of hydrogen-bond donors (Lipinski definition) is 3. The zero-order chi connectivity index (χ0) is 14.7. The fraction of sp³-hybridized carbons (Fsp3) is 0.273. The van der Waals surface area contributed by atoms with Gasteiger partial charge in [-0.05, 0) is 13.8 Å². The molecule has 0 aliphatic rings. The Morgan fingerprint density at radius 3 is 1.81 bits per heavy atom. The van der Waals surface area contributed by atoms with E-state index in [9.17, 15) is 4.79 Å². The molecule has 0 spiro atoms. The molecule has 0 aromatic carbocycles. The minimum Gasteiger partial charge on any atom is -0.411 e. The normalized spacial score (nSPS) is 8.38. The van der Waals surface area contributed by atoms with Gasteiger partial charge in [0.1, 0.15) is 11.2 Å². The minimum atomic E-state index is 0. The molecule has 0 amide bonds. The maximum Gasteiger partial charge on any atom is 0.178 e. The van der Waals surface area contributed by atoms with E-state index >= 15 is 0 Å². The van der Waals surface area contributed by atoms with Crippen molar-refractivity contribution >= 4 is 47.6 Å². The quantitative estimate of drug-likeness (QED) is 0.330. The lowest BCUT2D eigenvalue weighted by Crippen LogP contribution is -1.77. The van der Waals surface area contributed by atoms with Gasteiger partial charge in [0, 0.05) is 22.1 Å². The van der Waals surface area contributed by atoms with E-state index < -0.39 is 0 Å². The fourth-order valence-electron chi connectivity index (χ4n) is 0.907. The van der Waals surface area contributed by atoms with Crippen molar-refractivity contribution in [2.45, 2.75) is 21.3 Å². The average Bonchev–Trinajstić information content (AvgIpc) is 3.02. The van der Waals surface area contributed by atoms with E-state index in [1.54, 1.807) is 0 Å². The summed E-state index contributed by atoms with van der Waals surface area (Å²) in [5.74, 6) is 3.50. The molecule has 2 aromatic rings. The number of nitrogens with zero attached hydrogens (tertiary/aromatic N) is 3. The third kappa shape index (κ3) is 11.0. The third-order valence-electron chi connectivity index (χ3n) is 1.54. The number of thiazole rings is 2. The third-order valence-corrected chi connectivity index (χ3v) is 3.33. The Morgan fingerprint density at radius 1 is 1.14 bits per heavy atom. The summed E-state index contributed by atoms with van der Waals surface area (Å²) in [6.45, 7) is 3.76. The van der Waals surface area contributed by atoms with Crippen LogP contribution in [0.4, 0.5) is 0 Å². The number of aryl methyl sites for hydroxylation is 2. The van der Waals surface area contributed by atoms with Crippen LogP contribution in [-0.4, -0.2) is 32.9 Å². The molecule has 10 heteroatoms. The van der Waals surface area contributed by atoms with Crippen LogP contribution in [0.2, 0.25) is 0 Å². The molecule has 120 valence electrons. The van der Waals surface area contributed by atoms with Gasteiger partial charge in [0.15, 0.2) is 11.3 Å². The molecule has 2 aromatic heterocycles. The number of aromatic nitrogens is 2. The van der Waals surface area contributed by atoms with Gasteiger partial charge < -0.3 is 10.4 Å². The van der Waals surface area contributed by atoms with Crippen LogP contribution in [0.5, 0.6) is 0 Å². The first kappa shape index (κ1) is 24.6. The highest BCUT2D eigenvalue weighted by molar-refractivity contribution is 7.11. The first-order chi connectivity index (χ1) is 9.15. The van der Waals surface area contributed by atoms with Crippen molar-refractivity contribution in [2.75, 3.05) is 0 Å². The summed E-state index contributed by atoms with van der Waals surface area (Å²) in [5, 5.41) is 22.4. The van der Waals surface area contributed by atoms with E-state index in [-0.39, 0.29) is 19.8 Å². The Labute approximate surface area is 137 Å². The zero-order valence-electron chi connectivity index (χ0n) is 10.8. The molecular formula is C11H19ClN4O3S2. The predicted octanol–water partition coefficient (Wildman–Crippen LogP) is 2.92. The van der Waals surface area contributed by atoms with E-state index in [2.05, 4.69) is 21.0 Å². The SMILES string of the molecule is C.Cc1csc(C=NO)n1.Cc1csc(C=O)n1.Cl.NO. The lowest BCUT2D eigenvalue weighted by atomic mass is 10.6. The second kappa shape index (κ2) is 15.0. The molecule has 0 saturated heterocycles. The Bertz CT molecular complexity index is 517. The van der Waals surface area contributed by atoms with E-state index in [1.807, 2.05) is 24.6 Å². The second-order valence-corrected chi connectivity index (χ2v) is 4.80. The molecular weight excluding hydrogens is 336 g/mol. The number of rotatable bonds is 2. The van der Waals surface area contributed by atoms with Crippen molar-refractivity contribution in [2.24, 2.45) is 11.1 Å². The van der Waals surface area contributed by atoms with Crippen LogP contribution in [0.15, 0.2) is 15.9 Å². The van der Waals surface area contributed by atoms with Gasteiger partial charge in [-0.25, -0.2) is 15.9 Å². The second-order valence-electron chi connectivity index (χ2n) is 3.02. The van der Waals surface area contributed by atoms with Crippen LogP contribution >= 0.6 is 35.1 Å². The molecule has 2 rings (SSSR count). The van der Waals surface area contributed by atoms with E-state index in [0.29, 0.717) is 5.01 Å². The molecule has 4 N–H and O–H groups in total. The van der Waals surface area contributed by atoms with Gasteiger partial charge in [0.2, 0.25) is 0 Å². The topological polar surface area (TPSA) is 122 Å². The number of oxime groups is 1. The molecule has 0 bridgehead atoms. The molecule has 2 heterocycles. The van der Waals surface area contributed by atoms with Gasteiger partial charge in [-0.1, -0.05) is 12.6 Å². The molecule has 0 aliphatic carbocycles. The Balaban J connectivity index is -0.000000255.